The summed E-state index contributed by atoms with van der Waals surface area (Å²) in [6.45, 7) is 3.77. The third-order valence-electron chi connectivity index (χ3n) is 3.69. The Bertz CT molecular complexity index is 707. The highest BCUT2D eigenvalue weighted by atomic mass is 32.1. The van der Waals surface area contributed by atoms with Gasteiger partial charge in [-0.2, -0.15) is 0 Å². The second-order valence-electron chi connectivity index (χ2n) is 4.90. The number of H-pyrrole nitrogens is 1. The van der Waals surface area contributed by atoms with E-state index in [1.54, 1.807) is 0 Å². The van der Waals surface area contributed by atoms with Gasteiger partial charge in [-0.3, -0.25) is 14.3 Å². The molecule has 0 unspecified atom stereocenters. The molecule has 0 amide bonds. The summed E-state index contributed by atoms with van der Waals surface area (Å²) in [7, 11) is 0. The lowest BCUT2D eigenvalue weighted by Gasteiger charge is -2.23. The molecule has 19 heavy (non-hydrogen) atoms. The fourth-order valence-corrected chi connectivity index (χ4v) is 3.62. The van der Waals surface area contributed by atoms with Crippen molar-refractivity contribution in [1.29, 1.82) is 0 Å². The van der Waals surface area contributed by atoms with Gasteiger partial charge in [-0.1, -0.05) is 6.92 Å². The predicted molar refractivity (Wildman–Crippen MR) is 77.2 cm³/mol. The minimum absolute atomic E-state index is 0.0203. The van der Waals surface area contributed by atoms with Crippen LogP contribution in [-0.2, 0) is 6.42 Å². The average molecular weight is 279 g/mol. The number of nitrogens with one attached hydrogen (secondary N) is 2. The molecular formula is C13H17N3O2S. The van der Waals surface area contributed by atoms with E-state index in [-0.39, 0.29) is 17.3 Å². The highest BCUT2D eigenvalue weighted by Crippen LogP contribution is 2.22. The number of hydrogen-bond donors (Lipinski definition) is 2. The SMILES string of the molecule is CCc1cc2c(=O)n(C3CCNCC3)c(=O)[nH]c2s1. The van der Waals surface area contributed by atoms with E-state index in [0.29, 0.717) is 10.2 Å². The van der Waals surface area contributed by atoms with Gasteiger partial charge in [0.1, 0.15) is 4.83 Å². The second-order valence-corrected chi connectivity index (χ2v) is 6.03. The zero-order valence-electron chi connectivity index (χ0n) is 10.9. The zero-order chi connectivity index (χ0) is 13.4. The number of aryl methyl sites for hydroxylation is 1. The predicted octanol–water partition coefficient (Wildman–Crippen LogP) is 1.24. The van der Waals surface area contributed by atoms with Crippen LogP contribution in [0.15, 0.2) is 15.7 Å². The molecule has 102 valence electrons. The summed E-state index contributed by atoms with van der Waals surface area (Å²) in [6.07, 6.45) is 2.55. The number of nitrogens with zero attached hydrogens (tertiary/aromatic N) is 1. The Labute approximate surface area is 114 Å². The number of rotatable bonds is 2. The van der Waals surface area contributed by atoms with Gasteiger partial charge in [0.15, 0.2) is 0 Å². The highest BCUT2D eigenvalue weighted by Gasteiger charge is 2.20. The first-order chi connectivity index (χ1) is 9.20. The zero-order valence-corrected chi connectivity index (χ0v) is 11.7. The molecule has 3 rings (SSSR count). The van der Waals surface area contributed by atoms with Gasteiger partial charge in [0, 0.05) is 10.9 Å². The van der Waals surface area contributed by atoms with Crippen LogP contribution >= 0.6 is 11.3 Å². The van der Waals surface area contributed by atoms with Crippen LogP contribution in [0.3, 0.4) is 0 Å². The minimum Gasteiger partial charge on any atom is -0.317 e. The lowest BCUT2D eigenvalue weighted by molar-refractivity contribution is 0.352. The van der Waals surface area contributed by atoms with Crippen molar-refractivity contribution in [1.82, 2.24) is 14.9 Å². The van der Waals surface area contributed by atoms with Crippen LogP contribution in [-0.4, -0.2) is 22.6 Å². The number of piperidine rings is 1. The van der Waals surface area contributed by atoms with Gasteiger partial charge in [0.2, 0.25) is 0 Å². The van der Waals surface area contributed by atoms with Crippen molar-refractivity contribution in [2.75, 3.05) is 13.1 Å². The van der Waals surface area contributed by atoms with Gasteiger partial charge in [-0.05, 0) is 38.4 Å². The summed E-state index contributed by atoms with van der Waals surface area (Å²) >= 11 is 1.50. The van der Waals surface area contributed by atoms with Crippen LogP contribution in [0.4, 0.5) is 0 Å². The molecule has 2 aromatic rings. The van der Waals surface area contributed by atoms with Crippen LogP contribution in [0.5, 0.6) is 0 Å². The second kappa shape index (κ2) is 4.94. The lowest BCUT2D eigenvalue weighted by atomic mass is 10.1. The summed E-state index contributed by atoms with van der Waals surface area (Å²) in [5.74, 6) is 0. The van der Waals surface area contributed by atoms with E-state index in [1.807, 2.05) is 13.0 Å². The van der Waals surface area contributed by atoms with Gasteiger partial charge in [-0.15, -0.1) is 11.3 Å². The smallest absolute Gasteiger partial charge is 0.317 e. The standard InChI is InChI=1S/C13H17N3O2S/c1-2-9-7-10-11(19-9)15-13(18)16(12(10)17)8-3-5-14-6-4-8/h7-8,14H,2-6H2,1H3,(H,15,18). The molecule has 2 aromatic heterocycles. The first-order valence-electron chi connectivity index (χ1n) is 6.68. The molecule has 0 bridgehead atoms. The maximum atomic E-state index is 12.5. The molecule has 2 N–H and O–H groups in total. The van der Waals surface area contributed by atoms with E-state index in [2.05, 4.69) is 10.3 Å². The molecule has 3 heterocycles. The third kappa shape index (κ3) is 2.15. The maximum Gasteiger partial charge on any atom is 0.329 e. The van der Waals surface area contributed by atoms with E-state index in [0.717, 1.165) is 37.2 Å². The molecule has 1 saturated heterocycles. The summed E-state index contributed by atoms with van der Waals surface area (Å²) in [4.78, 5) is 29.3. The Morgan fingerprint density at radius 1 is 1.37 bits per heavy atom. The molecule has 1 fully saturated rings. The van der Waals surface area contributed by atoms with Crippen molar-refractivity contribution in [3.8, 4) is 0 Å². The Hall–Kier alpha value is -1.40. The van der Waals surface area contributed by atoms with Gasteiger partial charge >= 0.3 is 5.69 Å². The largest absolute Gasteiger partial charge is 0.329 e. The molecule has 1 aliphatic heterocycles. The van der Waals surface area contributed by atoms with Crippen LogP contribution in [0, 0.1) is 0 Å². The van der Waals surface area contributed by atoms with Crippen LogP contribution < -0.4 is 16.6 Å². The Kier molecular flexibility index (Phi) is 3.28. The van der Waals surface area contributed by atoms with Crippen molar-refractivity contribution in [2.45, 2.75) is 32.2 Å². The van der Waals surface area contributed by atoms with Gasteiger partial charge in [0.05, 0.1) is 5.39 Å². The van der Waals surface area contributed by atoms with Crippen LogP contribution in [0.25, 0.3) is 10.2 Å². The molecule has 0 spiro atoms. The number of hydrogen-bond acceptors (Lipinski definition) is 4. The first kappa shape index (κ1) is 12.6. The van der Waals surface area contributed by atoms with E-state index >= 15 is 0 Å². The van der Waals surface area contributed by atoms with Gasteiger partial charge in [0.25, 0.3) is 5.56 Å². The number of thiophene rings is 1. The molecule has 6 heteroatoms. The Morgan fingerprint density at radius 2 is 2.11 bits per heavy atom. The van der Waals surface area contributed by atoms with Gasteiger partial charge < -0.3 is 5.32 Å². The molecule has 0 saturated carbocycles. The molecule has 0 atom stereocenters. The summed E-state index contributed by atoms with van der Waals surface area (Å²) < 4.78 is 1.41. The Morgan fingerprint density at radius 3 is 2.79 bits per heavy atom. The van der Waals surface area contributed by atoms with Crippen molar-refractivity contribution < 1.29 is 0 Å². The van der Waals surface area contributed by atoms with Crippen molar-refractivity contribution in [3.63, 3.8) is 0 Å². The van der Waals surface area contributed by atoms with Crippen LogP contribution in [0.2, 0.25) is 0 Å². The molecular weight excluding hydrogens is 262 g/mol. The summed E-state index contributed by atoms with van der Waals surface area (Å²) in [6, 6.07) is 1.93. The number of fused-ring (bicyclic) bond motifs is 1. The fourth-order valence-electron chi connectivity index (χ4n) is 2.64. The van der Waals surface area contributed by atoms with Crippen molar-refractivity contribution in [2.24, 2.45) is 0 Å². The van der Waals surface area contributed by atoms with E-state index in [1.165, 1.54) is 15.9 Å². The number of aromatic nitrogens is 2. The van der Waals surface area contributed by atoms with Crippen molar-refractivity contribution in [3.05, 3.63) is 31.8 Å². The maximum absolute atomic E-state index is 12.5. The normalized spacial score (nSPS) is 17.1. The molecule has 1 aliphatic rings. The molecule has 5 nitrogen and oxygen atoms in total. The quantitative estimate of drug-likeness (QED) is 0.869. The van der Waals surface area contributed by atoms with Crippen LogP contribution in [0.1, 0.15) is 30.7 Å². The average Bonchev–Trinajstić information content (AvgIpc) is 2.83. The third-order valence-corrected chi connectivity index (χ3v) is 4.89. The molecule has 0 aromatic carbocycles. The Balaban J connectivity index is 2.18. The fraction of sp³-hybridized carbons (Fsp3) is 0.538. The van der Waals surface area contributed by atoms with E-state index < -0.39 is 0 Å². The topological polar surface area (TPSA) is 66.9 Å². The van der Waals surface area contributed by atoms with Crippen molar-refractivity contribution >= 4 is 21.6 Å². The summed E-state index contributed by atoms with van der Waals surface area (Å²) in [5.41, 5.74) is -0.407. The highest BCUT2D eigenvalue weighted by molar-refractivity contribution is 7.18. The van der Waals surface area contributed by atoms with E-state index in [4.69, 9.17) is 0 Å². The monoisotopic (exact) mass is 279 g/mol. The number of aromatic amines is 1. The lowest BCUT2D eigenvalue weighted by Crippen LogP contribution is -2.41. The minimum atomic E-state index is -0.270. The molecule has 0 aliphatic carbocycles. The first-order valence-corrected chi connectivity index (χ1v) is 7.50. The molecule has 0 radical (unpaired) electrons. The van der Waals surface area contributed by atoms with Gasteiger partial charge in [-0.25, -0.2) is 4.79 Å². The van der Waals surface area contributed by atoms with E-state index in [9.17, 15) is 9.59 Å². The summed E-state index contributed by atoms with van der Waals surface area (Å²) in [5, 5.41) is 3.90.